The molecular formula is C27H35ClN2O6. The van der Waals surface area contributed by atoms with Gasteiger partial charge < -0.3 is 29.2 Å². The van der Waals surface area contributed by atoms with Gasteiger partial charge >= 0.3 is 6.09 Å². The van der Waals surface area contributed by atoms with Gasteiger partial charge in [0.2, 0.25) is 5.91 Å². The van der Waals surface area contributed by atoms with Crippen molar-refractivity contribution >= 4 is 29.3 Å². The Kier molecular flexibility index (Phi) is 8.27. The first-order valence-electron chi connectivity index (χ1n) is 12.3. The molecule has 0 aliphatic carbocycles. The van der Waals surface area contributed by atoms with Crippen LogP contribution in [0, 0.1) is 5.92 Å². The molecule has 9 heteroatoms. The molecule has 0 aromatic heterocycles. The number of methoxy groups -OCH3 is 2. The molecule has 4 bridgehead atoms. The van der Waals surface area contributed by atoms with E-state index in [1.807, 2.05) is 44.2 Å². The van der Waals surface area contributed by atoms with Gasteiger partial charge in [-0.25, -0.2) is 4.79 Å². The average molecular weight is 519 g/mol. The summed E-state index contributed by atoms with van der Waals surface area (Å²) in [5.41, 5.74) is 2.70. The van der Waals surface area contributed by atoms with E-state index in [4.69, 9.17) is 30.5 Å². The minimum absolute atomic E-state index is 0.00233. The Morgan fingerprint density at radius 1 is 1.19 bits per heavy atom. The number of allylic oxidation sites excluding steroid dienone is 3. The number of amides is 2. The van der Waals surface area contributed by atoms with Crippen LogP contribution in [0.1, 0.15) is 38.7 Å². The summed E-state index contributed by atoms with van der Waals surface area (Å²) in [6, 6.07) is 3.61. The van der Waals surface area contributed by atoms with Crippen molar-refractivity contribution in [1.29, 1.82) is 0 Å². The van der Waals surface area contributed by atoms with Crippen LogP contribution in [0.5, 0.6) is 5.75 Å². The molecule has 6 atom stereocenters. The maximum absolute atomic E-state index is 13.1. The lowest BCUT2D eigenvalue weighted by Crippen LogP contribution is -2.53. The molecule has 0 radical (unpaired) electrons. The Hall–Kier alpha value is -2.55. The molecule has 3 aliphatic rings. The minimum Gasteiger partial charge on any atom is -0.495 e. The second-order valence-corrected chi connectivity index (χ2v) is 10.2. The van der Waals surface area contributed by atoms with Crippen LogP contribution >= 0.6 is 11.6 Å². The number of halogens is 1. The average Bonchev–Trinajstić information content (AvgIpc) is 3.64. The predicted octanol–water partition coefficient (Wildman–Crippen LogP) is 4.44. The molecule has 2 saturated heterocycles. The van der Waals surface area contributed by atoms with Gasteiger partial charge in [0.05, 0.1) is 37.2 Å². The summed E-state index contributed by atoms with van der Waals surface area (Å²) in [4.78, 5) is 27.0. The van der Waals surface area contributed by atoms with Crippen LogP contribution in [-0.4, -0.2) is 63.7 Å². The number of alkyl carbamates (subject to hydrolysis) is 1. The van der Waals surface area contributed by atoms with Crippen molar-refractivity contribution < 1.29 is 28.5 Å². The maximum atomic E-state index is 13.1. The fraction of sp³-hybridized carbons (Fsp3) is 0.556. The Morgan fingerprint density at radius 2 is 1.97 bits per heavy atom. The van der Waals surface area contributed by atoms with Crippen molar-refractivity contribution in [1.82, 2.24) is 5.32 Å². The molecule has 4 unspecified atom stereocenters. The maximum Gasteiger partial charge on any atom is 0.407 e. The number of carbonyl (C=O) groups is 2. The van der Waals surface area contributed by atoms with E-state index in [1.165, 1.54) is 0 Å². The first-order chi connectivity index (χ1) is 17.2. The normalized spacial score (nSPS) is 33.5. The van der Waals surface area contributed by atoms with Crippen molar-refractivity contribution in [3.05, 3.63) is 46.5 Å². The predicted molar refractivity (Wildman–Crippen MR) is 138 cm³/mol. The summed E-state index contributed by atoms with van der Waals surface area (Å²) < 4.78 is 22.7. The lowest BCUT2D eigenvalue weighted by Gasteiger charge is -2.35. The summed E-state index contributed by atoms with van der Waals surface area (Å²) in [7, 11) is 4.93. The number of nitrogens with zero attached hydrogens (tertiary/aromatic N) is 1. The van der Waals surface area contributed by atoms with Gasteiger partial charge in [0, 0.05) is 32.9 Å². The molecule has 3 aliphatic heterocycles. The van der Waals surface area contributed by atoms with Gasteiger partial charge in [-0.15, -0.1) is 0 Å². The largest absolute Gasteiger partial charge is 0.495 e. The van der Waals surface area contributed by atoms with Crippen LogP contribution in [0.2, 0.25) is 5.02 Å². The van der Waals surface area contributed by atoms with Gasteiger partial charge in [0.25, 0.3) is 0 Å². The number of hydrogen-bond acceptors (Lipinski definition) is 6. The van der Waals surface area contributed by atoms with Crippen LogP contribution in [0.4, 0.5) is 10.5 Å². The monoisotopic (exact) mass is 518 g/mol. The van der Waals surface area contributed by atoms with E-state index in [0.29, 0.717) is 42.1 Å². The molecular weight excluding hydrogens is 484 g/mol. The van der Waals surface area contributed by atoms with E-state index < -0.39 is 6.09 Å². The van der Waals surface area contributed by atoms with Crippen LogP contribution < -0.4 is 15.0 Å². The van der Waals surface area contributed by atoms with Crippen molar-refractivity contribution in [2.24, 2.45) is 5.92 Å². The molecule has 8 nitrogen and oxygen atoms in total. The number of ether oxygens (including phenoxy) is 4. The molecule has 0 spiro atoms. The Balaban J connectivity index is 1.65. The zero-order valence-electron chi connectivity index (χ0n) is 21.5. The minimum atomic E-state index is -0.449. The molecule has 1 aromatic carbocycles. The molecule has 1 N–H and O–H groups in total. The molecule has 2 fully saturated rings. The quantitative estimate of drug-likeness (QED) is 0.582. The van der Waals surface area contributed by atoms with E-state index in [1.54, 1.807) is 26.2 Å². The van der Waals surface area contributed by atoms with Crippen LogP contribution in [0.3, 0.4) is 0 Å². The fourth-order valence-corrected chi connectivity index (χ4v) is 5.38. The van der Waals surface area contributed by atoms with Gasteiger partial charge in [0.15, 0.2) is 0 Å². The van der Waals surface area contributed by atoms with E-state index in [-0.39, 0.29) is 42.3 Å². The SMILES string of the molecule is COc1cc2cc(c1Cl)N(C)C(=O)CCC1OC1[C@H](C)C1CC(NC(=O)O1)[C@H](OC)/C=C/C=C(\C)C2. The van der Waals surface area contributed by atoms with Crippen LogP contribution in [-0.2, 0) is 25.4 Å². The van der Waals surface area contributed by atoms with Crippen molar-refractivity contribution in [3.8, 4) is 5.75 Å². The van der Waals surface area contributed by atoms with E-state index >= 15 is 0 Å². The van der Waals surface area contributed by atoms with Crippen molar-refractivity contribution in [2.45, 2.75) is 70.0 Å². The van der Waals surface area contributed by atoms with Gasteiger partial charge in [-0.1, -0.05) is 42.3 Å². The van der Waals surface area contributed by atoms with Gasteiger partial charge in [-0.2, -0.15) is 0 Å². The highest BCUT2D eigenvalue weighted by Gasteiger charge is 2.48. The number of anilines is 1. The van der Waals surface area contributed by atoms with Crippen molar-refractivity contribution in [2.75, 3.05) is 26.2 Å². The number of nitrogens with one attached hydrogen (secondary N) is 1. The lowest BCUT2D eigenvalue weighted by atomic mass is 9.90. The Bertz CT molecular complexity index is 1060. The first-order valence-corrected chi connectivity index (χ1v) is 12.7. The Labute approximate surface area is 217 Å². The standard InChI is InChI=1S/C27H35ClN2O6/c1-15-7-6-8-20(33-4)18-14-22(36-27(32)29-18)16(2)26-21(35-26)9-10-24(31)30(3)19-12-17(11-15)13-23(34-5)25(19)28/h6-8,12-13,16,18,20-22,26H,9-11,14H2,1-5H3,(H,29,32)/b8-6+,15-7+/t16-,18?,20-,21?,22?,26?/m1/s1. The van der Waals surface area contributed by atoms with Crippen LogP contribution in [0.25, 0.3) is 0 Å². The molecule has 196 valence electrons. The number of epoxide rings is 1. The molecule has 4 rings (SSSR count). The Morgan fingerprint density at radius 3 is 2.69 bits per heavy atom. The summed E-state index contributed by atoms with van der Waals surface area (Å²) in [6.45, 7) is 4.06. The second-order valence-electron chi connectivity index (χ2n) is 9.83. The molecule has 2 amide bonds. The highest BCUT2D eigenvalue weighted by atomic mass is 35.5. The van der Waals surface area contributed by atoms with E-state index in [0.717, 1.165) is 11.1 Å². The van der Waals surface area contributed by atoms with Gasteiger partial charge in [-0.05, 0) is 37.5 Å². The molecule has 1 aromatic rings. The third kappa shape index (κ3) is 5.88. The number of rotatable bonds is 2. The summed E-state index contributed by atoms with van der Waals surface area (Å²) in [5, 5.41) is 3.30. The molecule has 0 saturated carbocycles. The molecule has 3 heterocycles. The highest BCUT2D eigenvalue weighted by Crippen LogP contribution is 2.39. The van der Waals surface area contributed by atoms with E-state index in [2.05, 4.69) is 5.32 Å². The highest BCUT2D eigenvalue weighted by molar-refractivity contribution is 6.35. The number of carbonyl (C=O) groups excluding carboxylic acids is 2. The summed E-state index contributed by atoms with van der Waals surface area (Å²) in [6.07, 6.45) is 6.91. The zero-order valence-corrected chi connectivity index (χ0v) is 22.2. The first kappa shape index (κ1) is 26.5. The third-order valence-corrected chi connectivity index (χ3v) is 7.67. The fourth-order valence-electron chi connectivity index (χ4n) is 5.07. The zero-order chi connectivity index (χ0) is 26.0. The van der Waals surface area contributed by atoms with E-state index in [9.17, 15) is 9.59 Å². The molecule has 36 heavy (non-hydrogen) atoms. The second kappa shape index (κ2) is 11.2. The number of hydrogen-bond donors (Lipinski definition) is 1. The summed E-state index contributed by atoms with van der Waals surface area (Å²) >= 11 is 6.59. The lowest BCUT2D eigenvalue weighted by molar-refractivity contribution is -0.118. The smallest absolute Gasteiger partial charge is 0.407 e. The topological polar surface area (TPSA) is 89.6 Å². The van der Waals surface area contributed by atoms with Crippen molar-refractivity contribution in [3.63, 3.8) is 0 Å². The van der Waals surface area contributed by atoms with Crippen LogP contribution in [0.15, 0.2) is 35.9 Å². The third-order valence-electron chi connectivity index (χ3n) is 7.29. The number of benzene rings is 1. The van der Waals surface area contributed by atoms with Gasteiger partial charge in [0.1, 0.15) is 16.9 Å². The number of fused-ring (bicyclic) bond motifs is 5. The van der Waals surface area contributed by atoms with Gasteiger partial charge in [-0.3, -0.25) is 4.79 Å². The summed E-state index contributed by atoms with van der Waals surface area (Å²) in [5.74, 6) is 0.472.